The normalized spacial score (nSPS) is 20.2. The first-order valence-electron chi connectivity index (χ1n) is 10.0. The summed E-state index contributed by atoms with van der Waals surface area (Å²) in [7, 11) is 0. The Kier molecular flexibility index (Phi) is 5.92. The van der Waals surface area contributed by atoms with Crippen molar-refractivity contribution in [2.75, 3.05) is 18.1 Å². The van der Waals surface area contributed by atoms with E-state index in [9.17, 15) is 14.4 Å². The lowest BCUT2D eigenvalue weighted by Crippen LogP contribution is -2.51. The molecule has 2 N–H and O–H groups in total. The number of fused-ring (bicyclic) bond motifs is 2. The summed E-state index contributed by atoms with van der Waals surface area (Å²) in [6.07, 6.45) is 1.10. The number of anilines is 1. The van der Waals surface area contributed by atoms with E-state index in [1.165, 1.54) is 11.8 Å². The highest BCUT2D eigenvalue weighted by Gasteiger charge is 2.63. The molecule has 0 unspecified atom stereocenters. The van der Waals surface area contributed by atoms with E-state index in [-0.39, 0.29) is 35.9 Å². The first kappa shape index (κ1) is 22.1. The van der Waals surface area contributed by atoms with E-state index in [0.717, 1.165) is 0 Å². The fourth-order valence-electron chi connectivity index (χ4n) is 4.11. The van der Waals surface area contributed by atoms with Gasteiger partial charge in [0.05, 0.1) is 12.7 Å². The van der Waals surface area contributed by atoms with Gasteiger partial charge in [0, 0.05) is 17.8 Å². The molecule has 0 fully saturated rings. The van der Waals surface area contributed by atoms with Crippen LogP contribution in [0.3, 0.4) is 0 Å². The number of amides is 1. The minimum atomic E-state index is -1.86. The Bertz CT molecular complexity index is 1020. The van der Waals surface area contributed by atoms with Gasteiger partial charge in [0.2, 0.25) is 11.8 Å². The predicted molar refractivity (Wildman–Crippen MR) is 114 cm³/mol. The molecule has 8 heteroatoms. The first-order chi connectivity index (χ1) is 14.7. The van der Waals surface area contributed by atoms with Gasteiger partial charge < -0.3 is 24.8 Å². The molecule has 0 radical (unpaired) electrons. The number of hydrogen-bond donors (Lipinski definition) is 1. The van der Waals surface area contributed by atoms with Crippen molar-refractivity contribution in [1.29, 1.82) is 0 Å². The number of allylic oxidation sites excluding steroid dienone is 1. The SMILES string of the molecule is C=CCN1C(=O)[C@]2(C(C(=O)OC(C)C)=C(C)OC(N)=C2C(=O)OCC)c2ccccc21. The number of nitrogens with two attached hydrogens (primary N) is 1. The van der Waals surface area contributed by atoms with E-state index in [1.807, 2.05) is 0 Å². The van der Waals surface area contributed by atoms with Gasteiger partial charge in [-0.1, -0.05) is 24.3 Å². The maximum Gasteiger partial charge on any atom is 0.341 e. The second kappa shape index (κ2) is 8.29. The van der Waals surface area contributed by atoms with Crippen molar-refractivity contribution >= 4 is 23.5 Å². The first-order valence-corrected chi connectivity index (χ1v) is 10.0. The molecule has 31 heavy (non-hydrogen) atoms. The second-order valence-electron chi connectivity index (χ2n) is 7.42. The van der Waals surface area contributed by atoms with Gasteiger partial charge in [-0.15, -0.1) is 6.58 Å². The van der Waals surface area contributed by atoms with Crippen LogP contribution >= 0.6 is 0 Å². The third-order valence-electron chi connectivity index (χ3n) is 5.11. The molecule has 2 aliphatic heterocycles. The average molecular weight is 426 g/mol. The van der Waals surface area contributed by atoms with Crippen molar-refractivity contribution in [2.45, 2.75) is 39.2 Å². The molecule has 1 aromatic carbocycles. The molecule has 2 aliphatic rings. The van der Waals surface area contributed by atoms with E-state index in [0.29, 0.717) is 11.3 Å². The number of hydrogen-bond acceptors (Lipinski definition) is 7. The Labute approximate surface area is 180 Å². The molecule has 0 aromatic heterocycles. The summed E-state index contributed by atoms with van der Waals surface area (Å²) < 4.78 is 16.2. The molecular weight excluding hydrogens is 400 g/mol. The fraction of sp³-hybridized carbons (Fsp3) is 0.348. The van der Waals surface area contributed by atoms with E-state index in [1.54, 1.807) is 51.1 Å². The number of ether oxygens (including phenoxy) is 3. The number of esters is 2. The Hall–Kier alpha value is -3.55. The van der Waals surface area contributed by atoms with Gasteiger partial charge in [-0.05, 0) is 33.8 Å². The molecule has 1 amide bonds. The minimum absolute atomic E-state index is 0.0480. The lowest BCUT2D eigenvalue weighted by atomic mass is 9.67. The van der Waals surface area contributed by atoms with Gasteiger partial charge in [-0.25, -0.2) is 9.59 Å². The van der Waals surface area contributed by atoms with E-state index >= 15 is 0 Å². The molecule has 1 atom stereocenters. The highest BCUT2D eigenvalue weighted by atomic mass is 16.6. The summed E-state index contributed by atoms with van der Waals surface area (Å²) in [4.78, 5) is 41.8. The van der Waals surface area contributed by atoms with E-state index < -0.39 is 29.4 Å². The number of carbonyl (C=O) groups is 3. The van der Waals surface area contributed by atoms with Crippen LogP contribution in [0, 0.1) is 0 Å². The van der Waals surface area contributed by atoms with Crippen LogP contribution in [0.5, 0.6) is 0 Å². The van der Waals surface area contributed by atoms with Crippen molar-refractivity contribution in [3.63, 3.8) is 0 Å². The Balaban J connectivity index is 2.41. The van der Waals surface area contributed by atoms with E-state index in [4.69, 9.17) is 19.9 Å². The van der Waals surface area contributed by atoms with Crippen LogP contribution in [0.15, 0.2) is 59.7 Å². The van der Waals surface area contributed by atoms with Crippen molar-refractivity contribution in [2.24, 2.45) is 5.73 Å². The third-order valence-corrected chi connectivity index (χ3v) is 5.11. The summed E-state index contributed by atoms with van der Waals surface area (Å²) in [5.41, 5.74) is 4.90. The van der Waals surface area contributed by atoms with E-state index in [2.05, 4.69) is 6.58 Å². The van der Waals surface area contributed by atoms with Crippen LogP contribution in [0.25, 0.3) is 0 Å². The topological polar surface area (TPSA) is 108 Å². The lowest BCUT2D eigenvalue weighted by Gasteiger charge is -2.36. The zero-order chi connectivity index (χ0) is 22.9. The predicted octanol–water partition coefficient (Wildman–Crippen LogP) is 2.45. The standard InChI is InChI=1S/C23H26N2O6/c1-6-12-25-16-11-9-8-10-15(16)23(22(25)28)17(21(27)30-13(3)4)14(5)31-19(24)18(23)20(26)29-7-2/h6,8-11,13H,1,7,12,24H2,2-5H3/t23-/m0/s1. The Morgan fingerprint density at radius 1 is 1.26 bits per heavy atom. The molecule has 0 saturated carbocycles. The highest BCUT2D eigenvalue weighted by Crippen LogP contribution is 2.54. The molecule has 3 rings (SSSR count). The minimum Gasteiger partial charge on any atom is -0.462 e. The van der Waals surface area contributed by atoms with Crippen molar-refractivity contribution in [3.05, 3.63) is 65.3 Å². The summed E-state index contributed by atoms with van der Waals surface area (Å²) >= 11 is 0. The highest BCUT2D eigenvalue weighted by molar-refractivity contribution is 6.22. The quantitative estimate of drug-likeness (QED) is 0.550. The van der Waals surface area contributed by atoms with Gasteiger partial charge in [-0.3, -0.25) is 4.79 Å². The van der Waals surface area contributed by atoms with Crippen LogP contribution in [0.4, 0.5) is 5.69 Å². The maximum atomic E-state index is 14.0. The fourth-order valence-corrected chi connectivity index (χ4v) is 4.11. The summed E-state index contributed by atoms with van der Waals surface area (Å²) in [5, 5.41) is 0. The molecular formula is C23H26N2O6. The van der Waals surface area contributed by atoms with Crippen LogP contribution in [-0.2, 0) is 34.0 Å². The van der Waals surface area contributed by atoms with Crippen LogP contribution in [0.1, 0.15) is 33.3 Å². The molecule has 0 saturated heterocycles. The Morgan fingerprint density at radius 2 is 1.94 bits per heavy atom. The van der Waals surface area contributed by atoms with Crippen LogP contribution in [-0.4, -0.2) is 37.1 Å². The number of carbonyl (C=O) groups excluding carboxylic acids is 3. The van der Waals surface area contributed by atoms with Gasteiger partial charge in [0.15, 0.2) is 0 Å². The Morgan fingerprint density at radius 3 is 2.55 bits per heavy atom. The van der Waals surface area contributed by atoms with Crippen molar-refractivity contribution in [1.82, 2.24) is 0 Å². The molecule has 1 spiro atoms. The van der Waals surface area contributed by atoms with Gasteiger partial charge in [-0.2, -0.15) is 0 Å². The monoisotopic (exact) mass is 426 g/mol. The summed E-state index contributed by atoms with van der Waals surface area (Å²) in [6.45, 7) is 10.5. The zero-order valence-electron chi connectivity index (χ0n) is 18.1. The second-order valence-corrected chi connectivity index (χ2v) is 7.42. The molecule has 8 nitrogen and oxygen atoms in total. The largest absolute Gasteiger partial charge is 0.462 e. The number of para-hydroxylation sites is 1. The average Bonchev–Trinajstić information content (AvgIpc) is 2.91. The molecule has 2 heterocycles. The lowest BCUT2D eigenvalue weighted by molar-refractivity contribution is -0.146. The van der Waals surface area contributed by atoms with Gasteiger partial charge in [0.25, 0.3) is 0 Å². The van der Waals surface area contributed by atoms with Gasteiger partial charge in [0.1, 0.15) is 22.3 Å². The number of rotatable bonds is 6. The molecule has 1 aromatic rings. The van der Waals surface area contributed by atoms with Gasteiger partial charge >= 0.3 is 11.9 Å². The maximum absolute atomic E-state index is 14.0. The molecule has 0 bridgehead atoms. The smallest absolute Gasteiger partial charge is 0.341 e. The number of benzene rings is 1. The third kappa shape index (κ3) is 3.28. The zero-order valence-corrected chi connectivity index (χ0v) is 18.1. The summed E-state index contributed by atoms with van der Waals surface area (Å²) in [6, 6.07) is 6.91. The molecule has 0 aliphatic carbocycles. The number of nitrogens with zero attached hydrogens (tertiary/aromatic N) is 1. The van der Waals surface area contributed by atoms with Crippen molar-refractivity contribution < 1.29 is 28.6 Å². The summed E-state index contributed by atoms with van der Waals surface area (Å²) in [5.74, 6) is -2.35. The van der Waals surface area contributed by atoms with Crippen LogP contribution < -0.4 is 10.6 Å². The van der Waals surface area contributed by atoms with Crippen LogP contribution in [0.2, 0.25) is 0 Å². The van der Waals surface area contributed by atoms with Crippen molar-refractivity contribution in [3.8, 4) is 0 Å². The molecule has 164 valence electrons.